The number of rotatable bonds is 3. The lowest BCUT2D eigenvalue weighted by Crippen LogP contribution is -2.42. The van der Waals surface area contributed by atoms with E-state index in [1.54, 1.807) is 17.0 Å². The fourth-order valence-electron chi connectivity index (χ4n) is 3.03. The van der Waals surface area contributed by atoms with E-state index in [9.17, 15) is 14.4 Å². The Kier molecular flexibility index (Phi) is 3.94. The highest BCUT2D eigenvalue weighted by Crippen LogP contribution is 2.21. The van der Waals surface area contributed by atoms with Gasteiger partial charge >= 0.3 is 6.03 Å². The molecule has 7 nitrogen and oxygen atoms in total. The maximum absolute atomic E-state index is 12.6. The van der Waals surface area contributed by atoms with E-state index in [2.05, 4.69) is 5.32 Å². The van der Waals surface area contributed by atoms with Gasteiger partial charge in [-0.05, 0) is 30.7 Å². The van der Waals surface area contributed by atoms with Crippen molar-refractivity contribution in [1.29, 1.82) is 0 Å². The Morgan fingerprint density at radius 1 is 1.22 bits per heavy atom. The maximum atomic E-state index is 12.6. The Morgan fingerprint density at radius 3 is 2.48 bits per heavy atom. The van der Waals surface area contributed by atoms with Crippen molar-refractivity contribution in [2.45, 2.75) is 12.5 Å². The smallest absolute Gasteiger partial charge is 0.324 e. The highest BCUT2D eigenvalue weighted by atomic mass is 16.2. The quantitative estimate of drug-likeness (QED) is 0.825. The van der Waals surface area contributed by atoms with Gasteiger partial charge in [-0.1, -0.05) is 0 Å². The van der Waals surface area contributed by atoms with E-state index in [1.165, 1.54) is 4.90 Å². The topological polar surface area (TPSA) is 73.0 Å². The number of carbonyl (C=O) groups is 3. The molecule has 2 fully saturated rings. The lowest BCUT2D eigenvalue weighted by Gasteiger charge is -2.21. The molecule has 0 bridgehead atoms. The van der Waals surface area contributed by atoms with Crippen molar-refractivity contribution in [3.05, 3.63) is 29.8 Å². The summed E-state index contributed by atoms with van der Waals surface area (Å²) in [7, 11) is 3.89. The molecule has 0 radical (unpaired) electrons. The molecule has 0 aromatic heterocycles. The predicted octanol–water partition coefficient (Wildman–Crippen LogP) is 0.519. The molecule has 2 aliphatic heterocycles. The van der Waals surface area contributed by atoms with Crippen molar-refractivity contribution in [3.8, 4) is 0 Å². The fourth-order valence-corrected chi connectivity index (χ4v) is 3.03. The molecule has 4 amide bonds. The first kappa shape index (κ1) is 15.3. The van der Waals surface area contributed by atoms with E-state index >= 15 is 0 Å². The van der Waals surface area contributed by atoms with Gasteiger partial charge in [0.25, 0.3) is 5.91 Å². The van der Waals surface area contributed by atoms with Crippen LogP contribution in [0, 0.1) is 0 Å². The van der Waals surface area contributed by atoms with Crippen LogP contribution in [0.5, 0.6) is 0 Å². The molecule has 1 atom stereocenters. The zero-order chi connectivity index (χ0) is 16.6. The monoisotopic (exact) mass is 316 g/mol. The van der Waals surface area contributed by atoms with Crippen LogP contribution < -0.4 is 10.2 Å². The third kappa shape index (κ3) is 2.86. The summed E-state index contributed by atoms with van der Waals surface area (Å²) >= 11 is 0. The summed E-state index contributed by atoms with van der Waals surface area (Å²) in [6.07, 6.45) is 0.626. The minimum Gasteiger partial charge on any atom is -0.378 e. The molecule has 1 aromatic carbocycles. The standard InChI is InChI=1S/C16H20N4O3/c1-18(2)12-5-3-11(4-6-12)15(22)19-8-7-13(10-19)20-14(21)9-17-16(20)23/h3-6,13H,7-10H2,1-2H3,(H,17,23). The SMILES string of the molecule is CN(C)c1ccc(C(=O)N2CCC(N3C(=O)CNC3=O)C2)cc1. The van der Waals surface area contributed by atoms with Crippen LogP contribution in [-0.4, -0.2) is 67.4 Å². The van der Waals surface area contributed by atoms with Gasteiger partial charge in [-0.25, -0.2) is 4.79 Å². The Hall–Kier alpha value is -2.57. The number of anilines is 1. The number of nitrogens with zero attached hydrogens (tertiary/aromatic N) is 3. The summed E-state index contributed by atoms with van der Waals surface area (Å²) in [4.78, 5) is 40.9. The normalized spacial score (nSPS) is 20.9. The molecular weight excluding hydrogens is 296 g/mol. The van der Waals surface area contributed by atoms with E-state index in [0.717, 1.165) is 5.69 Å². The van der Waals surface area contributed by atoms with Gasteiger partial charge < -0.3 is 15.1 Å². The molecule has 0 spiro atoms. The molecule has 3 rings (SSSR count). The summed E-state index contributed by atoms with van der Waals surface area (Å²) in [5.41, 5.74) is 1.65. The second-order valence-electron chi connectivity index (χ2n) is 6.06. The molecule has 1 N–H and O–H groups in total. The van der Waals surface area contributed by atoms with Crippen LogP contribution in [0.15, 0.2) is 24.3 Å². The zero-order valence-corrected chi connectivity index (χ0v) is 13.3. The molecule has 1 aromatic rings. The van der Waals surface area contributed by atoms with Crippen molar-refractivity contribution in [2.24, 2.45) is 0 Å². The molecule has 0 aliphatic carbocycles. The Labute approximate surface area is 134 Å². The molecule has 0 saturated carbocycles. The number of urea groups is 1. The predicted molar refractivity (Wildman–Crippen MR) is 85.3 cm³/mol. The number of amides is 4. The van der Waals surface area contributed by atoms with Crippen LogP contribution in [0.25, 0.3) is 0 Å². The lowest BCUT2D eigenvalue weighted by molar-refractivity contribution is -0.126. The van der Waals surface area contributed by atoms with E-state index < -0.39 is 0 Å². The third-order valence-corrected chi connectivity index (χ3v) is 4.32. The Morgan fingerprint density at radius 2 is 1.91 bits per heavy atom. The lowest BCUT2D eigenvalue weighted by atomic mass is 10.2. The van der Waals surface area contributed by atoms with Gasteiger partial charge in [0.15, 0.2) is 0 Å². The van der Waals surface area contributed by atoms with Gasteiger partial charge in [-0.15, -0.1) is 0 Å². The Bertz CT molecular complexity index is 625. The van der Waals surface area contributed by atoms with Crippen molar-refractivity contribution in [1.82, 2.24) is 15.1 Å². The van der Waals surface area contributed by atoms with Crippen LogP contribution in [-0.2, 0) is 4.79 Å². The first-order chi connectivity index (χ1) is 11.0. The second kappa shape index (κ2) is 5.91. The van der Waals surface area contributed by atoms with Gasteiger partial charge in [0.1, 0.15) is 0 Å². The zero-order valence-electron chi connectivity index (χ0n) is 13.3. The number of nitrogens with one attached hydrogen (secondary N) is 1. The van der Waals surface area contributed by atoms with E-state index in [1.807, 2.05) is 31.1 Å². The number of hydrogen-bond acceptors (Lipinski definition) is 4. The van der Waals surface area contributed by atoms with Crippen molar-refractivity contribution in [3.63, 3.8) is 0 Å². The van der Waals surface area contributed by atoms with Gasteiger partial charge in [-0.3, -0.25) is 14.5 Å². The van der Waals surface area contributed by atoms with Crippen molar-refractivity contribution < 1.29 is 14.4 Å². The Balaban J connectivity index is 1.67. The molecule has 7 heteroatoms. The van der Waals surface area contributed by atoms with E-state index in [0.29, 0.717) is 25.1 Å². The summed E-state index contributed by atoms with van der Waals surface area (Å²) in [6.45, 7) is 0.999. The molecule has 1 unspecified atom stereocenters. The van der Waals surface area contributed by atoms with Gasteiger partial charge in [0, 0.05) is 38.4 Å². The van der Waals surface area contributed by atoms with Crippen LogP contribution in [0.4, 0.5) is 10.5 Å². The minimum atomic E-state index is -0.357. The summed E-state index contributed by atoms with van der Waals surface area (Å²) in [5.74, 6) is -0.283. The molecule has 2 saturated heterocycles. The average molecular weight is 316 g/mol. The first-order valence-corrected chi connectivity index (χ1v) is 7.64. The van der Waals surface area contributed by atoms with Crippen molar-refractivity contribution in [2.75, 3.05) is 38.6 Å². The minimum absolute atomic E-state index is 0.0509. The maximum Gasteiger partial charge on any atom is 0.324 e. The highest BCUT2D eigenvalue weighted by molar-refractivity contribution is 6.02. The summed E-state index contributed by atoms with van der Waals surface area (Å²) in [6, 6.07) is 6.83. The van der Waals surface area contributed by atoms with E-state index in [-0.39, 0.29) is 30.4 Å². The number of imide groups is 1. The van der Waals surface area contributed by atoms with Gasteiger partial charge in [0.05, 0.1) is 12.6 Å². The fraction of sp³-hybridized carbons (Fsp3) is 0.438. The third-order valence-electron chi connectivity index (χ3n) is 4.32. The molecule has 2 heterocycles. The van der Waals surface area contributed by atoms with Crippen LogP contribution >= 0.6 is 0 Å². The number of benzene rings is 1. The largest absolute Gasteiger partial charge is 0.378 e. The second-order valence-corrected chi connectivity index (χ2v) is 6.06. The number of carbonyl (C=O) groups excluding carboxylic acids is 3. The molecule has 122 valence electrons. The molecule has 2 aliphatic rings. The first-order valence-electron chi connectivity index (χ1n) is 7.64. The summed E-state index contributed by atoms with van der Waals surface area (Å²) in [5, 5.41) is 2.52. The van der Waals surface area contributed by atoms with Gasteiger partial charge in [0.2, 0.25) is 5.91 Å². The van der Waals surface area contributed by atoms with E-state index in [4.69, 9.17) is 0 Å². The molecular formula is C16H20N4O3. The average Bonchev–Trinajstić information content (AvgIpc) is 3.13. The molecule has 23 heavy (non-hydrogen) atoms. The van der Waals surface area contributed by atoms with Gasteiger partial charge in [-0.2, -0.15) is 0 Å². The summed E-state index contributed by atoms with van der Waals surface area (Å²) < 4.78 is 0. The highest BCUT2D eigenvalue weighted by Gasteiger charge is 2.39. The van der Waals surface area contributed by atoms with Crippen LogP contribution in [0.1, 0.15) is 16.8 Å². The van der Waals surface area contributed by atoms with Crippen LogP contribution in [0.2, 0.25) is 0 Å². The van der Waals surface area contributed by atoms with Crippen molar-refractivity contribution >= 4 is 23.5 Å². The number of hydrogen-bond donors (Lipinski definition) is 1. The number of likely N-dealkylation sites (tertiary alicyclic amines) is 1. The van der Waals surface area contributed by atoms with Crippen LogP contribution in [0.3, 0.4) is 0 Å².